The first-order valence-electron chi connectivity index (χ1n) is 8.67. The van der Waals surface area contributed by atoms with Gasteiger partial charge in [0, 0.05) is 34.5 Å². The number of carbonyl (C=O) groups excluding carboxylic acids is 1. The summed E-state index contributed by atoms with van der Waals surface area (Å²) < 4.78 is 5.17. The first kappa shape index (κ1) is 17.2. The molecule has 0 aliphatic heterocycles. The van der Waals surface area contributed by atoms with Crippen molar-refractivity contribution in [3.8, 4) is 11.3 Å². The van der Waals surface area contributed by atoms with Gasteiger partial charge in [-0.1, -0.05) is 28.9 Å². The molecule has 4 rings (SSSR count). The molecule has 1 aliphatic rings. The smallest absolute Gasteiger partial charge is 0.289 e. The molecule has 0 radical (unpaired) electrons. The maximum absolute atomic E-state index is 12.3. The number of amides is 1. The number of thiazole rings is 1. The molecule has 5 nitrogen and oxygen atoms in total. The van der Waals surface area contributed by atoms with E-state index in [1.807, 2.05) is 12.1 Å². The zero-order valence-electron chi connectivity index (χ0n) is 14.1. The zero-order chi connectivity index (χ0) is 17.9. The summed E-state index contributed by atoms with van der Waals surface area (Å²) in [6.07, 6.45) is 5.45. The Labute approximate surface area is 160 Å². The molecule has 0 fully saturated rings. The number of carbonyl (C=O) groups is 1. The molecule has 134 valence electrons. The maximum Gasteiger partial charge on any atom is 0.289 e. The third-order valence-electron chi connectivity index (χ3n) is 4.37. The summed E-state index contributed by atoms with van der Waals surface area (Å²) in [5.41, 5.74) is 2.66. The topological polar surface area (TPSA) is 68.0 Å². The molecule has 1 aromatic carbocycles. The van der Waals surface area contributed by atoms with E-state index in [4.69, 9.17) is 21.1 Å². The van der Waals surface area contributed by atoms with Crippen molar-refractivity contribution in [1.82, 2.24) is 15.5 Å². The highest BCUT2D eigenvalue weighted by Crippen LogP contribution is 2.27. The molecule has 1 N–H and O–H groups in total. The number of benzene rings is 1. The summed E-state index contributed by atoms with van der Waals surface area (Å²) in [6, 6.07) is 8.90. The molecule has 0 saturated carbocycles. The van der Waals surface area contributed by atoms with Gasteiger partial charge in [0.1, 0.15) is 5.69 Å². The second-order valence-electron chi connectivity index (χ2n) is 6.28. The number of halogens is 1. The van der Waals surface area contributed by atoms with Gasteiger partial charge in [0.25, 0.3) is 5.91 Å². The fourth-order valence-electron chi connectivity index (χ4n) is 3.05. The number of rotatable bonds is 5. The standard InChI is InChI=1S/C19H18ClN3O2S/c20-13-5-3-4-12(10-13)15-11-16(25-23-15)19(24)21-9-8-18-22-14-6-1-2-7-17(14)26-18/h3-5,10-11H,1-2,6-9H2,(H,21,24). The van der Waals surface area contributed by atoms with Gasteiger partial charge in [0.15, 0.2) is 0 Å². The molecule has 26 heavy (non-hydrogen) atoms. The van der Waals surface area contributed by atoms with E-state index in [1.54, 1.807) is 29.5 Å². The number of hydrogen-bond donors (Lipinski definition) is 1. The molecule has 0 atom stereocenters. The summed E-state index contributed by atoms with van der Waals surface area (Å²) in [7, 11) is 0. The van der Waals surface area contributed by atoms with E-state index in [0.29, 0.717) is 17.3 Å². The predicted molar refractivity (Wildman–Crippen MR) is 102 cm³/mol. The van der Waals surface area contributed by atoms with Gasteiger partial charge < -0.3 is 9.84 Å². The summed E-state index contributed by atoms with van der Waals surface area (Å²) in [6.45, 7) is 0.526. The van der Waals surface area contributed by atoms with Crippen LogP contribution in [0.5, 0.6) is 0 Å². The Morgan fingerprint density at radius 1 is 1.27 bits per heavy atom. The highest BCUT2D eigenvalue weighted by Gasteiger charge is 2.16. The Hall–Kier alpha value is -2.18. The minimum Gasteiger partial charge on any atom is -0.350 e. The number of hydrogen-bond acceptors (Lipinski definition) is 5. The van der Waals surface area contributed by atoms with Crippen LogP contribution in [0, 0.1) is 0 Å². The molecule has 2 heterocycles. The van der Waals surface area contributed by atoms with Gasteiger partial charge in [-0.2, -0.15) is 0 Å². The summed E-state index contributed by atoms with van der Waals surface area (Å²) in [5, 5.41) is 8.53. The third-order valence-corrected chi connectivity index (χ3v) is 5.82. The number of fused-ring (bicyclic) bond motifs is 1. The van der Waals surface area contributed by atoms with E-state index in [2.05, 4.69) is 10.5 Å². The van der Waals surface area contributed by atoms with E-state index < -0.39 is 0 Å². The molecule has 2 aromatic heterocycles. The van der Waals surface area contributed by atoms with E-state index >= 15 is 0 Å². The number of aryl methyl sites for hydroxylation is 2. The van der Waals surface area contributed by atoms with Gasteiger partial charge in [-0.3, -0.25) is 4.79 Å². The second-order valence-corrected chi connectivity index (χ2v) is 7.88. The SMILES string of the molecule is O=C(NCCc1nc2c(s1)CCCC2)c1cc(-c2cccc(Cl)c2)no1. The van der Waals surface area contributed by atoms with Crippen LogP contribution in [0.1, 0.15) is 39.0 Å². The van der Waals surface area contributed by atoms with Crippen molar-refractivity contribution in [2.45, 2.75) is 32.1 Å². The largest absolute Gasteiger partial charge is 0.350 e. The lowest BCUT2D eigenvalue weighted by Crippen LogP contribution is -2.25. The predicted octanol–water partition coefficient (Wildman–Crippen LogP) is 4.30. The third kappa shape index (κ3) is 3.81. The molecule has 0 unspecified atom stereocenters. The fourth-order valence-corrected chi connectivity index (χ4v) is 4.40. The maximum atomic E-state index is 12.3. The van der Waals surface area contributed by atoms with Crippen LogP contribution in [0.25, 0.3) is 11.3 Å². The summed E-state index contributed by atoms with van der Waals surface area (Å²) in [5.74, 6) is -0.0782. The molecule has 0 saturated heterocycles. The molecule has 0 bridgehead atoms. The summed E-state index contributed by atoms with van der Waals surface area (Å²) in [4.78, 5) is 18.4. The van der Waals surface area contributed by atoms with Crippen molar-refractivity contribution in [2.24, 2.45) is 0 Å². The van der Waals surface area contributed by atoms with Crippen LogP contribution in [0.3, 0.4) is 0 Å². The average molecular weight is 388 g/mol. The Bertz CT molecular complexity index is 911. The molecule has 0 spiro atoms. The van der Waals surface area contributed by atoms with Crippen molar-refractivity contribution in [3.05, 3.63) is 56.7 Å². The lowest BCUT2D eigenvalue weighted by Gasteiger charge is -2.06. The Morgan fingerprint density at radius 2 is 2.15 bits per heavy atom. The lowest BCUT2D eigenvalue weighted by atomic mass is 10.0. The fraction of sp³-hybridized carbons (Fsp3) is 0.316. The molecular formula is C19H18ClN3O2S. The van der Waals surface area contributed by atoms with Crippen LogP contribution in [-0.4, -0.2) is 22.6 Å². The Kier molecular flexibility index (Phi) is 5.04. The van der Waals surface area contributed by atoms with E-state index in [-0.39, 0.29) is 11.7 Å². The van der Waals surface area contributed by atoms with Gasteiger partial charge >= 0.3 is 0 Å². The van der Waals surface area contributed by atoms with Gasteiger partial charge in [-0.05, 0) is 37.8 Å². The second kappa shape index (κ2) is 7.60. The number of nitrogens with one attached hydrogen (secondary N) is 1. The van der Waals surface area contributed by atoms with Crippen LogP contribution < -0.4 is 5.32 Å². The highest BCUT2D eigenvalue weighted by atomic mass is 35.5. The first-order chi connectivity index (χ1) is 12.7. The molecule has 7 heteroatoms. The highest BCUT2D eigenvalue weighted by molar-refractivity contribution is 7.11. The van der Waals surface area contributed by atoms with Gasteiger partial charge in [0.05, 0.1) is 10.7 Å². The Morgan fingerprint density at radius 3 is 3.00 bits per heavy atom. The summed E-state index contributed by atoms with van der Waals surface area (Å²) >= 11 is 7.76. The van der Waals surface area contributed by atoms with Crippen LogP contribution in [0.15, 0.2) is 34.9 Å². The first-order valence-corrected chi connectivity index (χ1v) is 9.87. The van der Waals surface area contributed by atoms with Gasteiger partial charge in [-0.15, -0.1) is 11.3 Å². The van der Waals surface area contributed by atoms with E-state index in [0.717, 1.165) is 29.8 Å². The van der Waals surface area contributed by atoms with Crippen molar-refractivity contribution >= 4 is 28.8 Å². The minimum absolute atomic E-state index is 0.193. The van der Waals surface area contributed by atoms with Crippen molar-refractivity contribution in [2.75, 3.05) is 6.54 Å². The number of aromatic nitrogens is 2. The van der Waals surface area contributed by atoms with Gasteiger partial charge in [0.2, 0.25) is 5.76 Å². The molecule has 1 aliphatic carbocycles. The quantitative estimate of drug-likeness (QED) is 0.708. The lowest BCUT2D eigenvalue weighted by molar-refractivity contribution is 0.0917. The molecular weight excluding hydrogens is 370 g/mol. The van der Waals surface area contributed by atoms with Crippen LogP contribution in [0.2, 0.25) is 5.02 Å². The molecule has 1 amide bonds. The zero-order valence-corrected chi connectivity index (χ0v) is 15.7. The van der Waals surface area contributed by atoms with Crippen molar-refractivity contribution in [3.63, 3.8) is 0 Å². The monoisotopic (exact) mass is 387 g/mol. The Balaban J connectivity index is 1.34. The van der Waals surface area contributed by atoms with E-state index in [1.165, 1.54) is 23.4 Å². The van der Waals surface area contributed by atoms with Crippen LogP contribution in [-0.2, 0) is 19.3 Å². The van der Waals surface area contributed by atoms with Crippen molar-refractivity contribution < 1.29 is 9.32 Å². The van der Waals surface area contributed by atoms with Crippen molar-refractivity contribution in [1.29, 1.82) is 0 Å². The average Bonchev–Trinajstić information content (AvgIpc) is 3.28. The van der Waals surface area contributed by atoms with Crippen LogP contribution in [0.4, 0.5) is 0 Å². The normalized spacial score (nSPS) is 13.4. The minimum atomic E-state index is -0.271. The molecule has 3 aromatic rings. The number of nitrogens with zero attached hydrogens (tertiary/aromatic N) is 2. The van der Waals surface area contributed by atoms with E-state index in [9.17, 15) is 4.79 Å². The van der Waals surface area contributed by atoms with Gasteiger partial charge in [-0.25, -0.2) is 4.98 Å². The van der Waals surface area contributed by atoms with Crippen LogP contribution >= 0.6 is 22.9 Å².